The smallest absolute Gasteiger partial charge is 0.317 e. The summed E-state index contributed by atoms with van der Waals surface area (Å²) in [5.41, 5.74) is 1.27. The van der Waals surface area contributed by atoms with Gasteiger partial charge in [-0.05, 0) is 26.2 Å². The van der Waals surface area contributed by atoms with Gasteiger partial charge in [-0.15, -0.1) is 0 Å². The van der Waals surface area contributed by atoms with Gasteiger partial charge in [0.15, 0.2) is 0 Å². The van der Waals surface area contributed by atoms with Crippen LogP contribution in [0.15, 0.2) is 11.6 Å². The minimum atomic E-state index is -0.325. The molecule has 0 aromatic heterocycles. The quantitative estimate of drug-likeness (QED) is 0.322. The van der Waals surface area contributed by atoms with Crippen LogP contribution in [0.2, 0.25) is 0 Å². The van der Waals surface area contributed by atoms with Gasteiger partial charge in [0.1, 0.15) is 0 Å². The first-order chi connectivity index (χ1) is 6.22. The summed E-state index contributed by atoms with van der Waals surface area (Å²) in [5.74, 6) is -0.983. The Bertz CT molecular complexity index is 291. The molecule has 2 atom stereocenters. The summed E-state index contributed by atoms with van der Waals surface area (Å²) >= 11 is 0. The SMILES string of the molecule is CC=C1CCC2C(=O)OC(=O)C2C1. The number of carbonyl (C=O) groups excluding carboxylic acids is 2. The van der Waals surface area contributed by atoms with Gasteiger partial charge in [-0.25, -0.2) is 0 Å². The average Bonchev–Trinajstić information content (AvgIpc) is 2.42. The number of rotatable bonds is 0. The highest BCUT2D eigenvalue weighted by molar-refractivity contribution is 5.96. The van der Waals surface area contributed by atoms with Crippen molar-refractivity contribution in [2.24, 2.45) is 11.8 Å². The molecule has 2 fully saturated rings. The Balaban J connectivity index is 2.20. The molecule has 2 unspecified atom stereocenters. The van der Waals surface area contributed by atoms with Crippen molar-refractivity contribution in [2.75, 3.05) is 0 Å². The fourth-order valence-corrected chi connectivity index (χ4v) is 2.11. The van der Waals surface area contributed by atoms with Gasteiger partial charge in [-0.2, -0.15) is 0 Å². The van der Waals surface area contributed by atoms with Crippen molar-refractivity contribution in [2.45, 2.75) is 26.2 Å². The Morgan fingerprint density at radius 1 is 1.31 bits per heavy atom. The van der Waals surface area contributed by atoms with Crippen molar-refractivity contribution in [1.82, 2.24) is 0 Å². The number of allylic oxidation sites excluding steroid dienone is 2. The van der Waals surface area contributed by atoms with Crippen LogP contribution in [0.4, 0.5) is 0 Å². The topological polar surface area (TPSA) is 43.4 Å². The van der Waals surface area contributed by atoms with Crippen LogP contribution in [0, 0.1) is 11.8 Å². The summed E-state index contributed by atoms with van der Waals surface area (Å²) in [6.07, 6.45) is 4.45. The average molecular weight is 180 g/mol. The first-order valence-corrected chi connectivity index (χ1v) is 4.62. The van der Waals surface area contributed by atoms with Crippen molar-refractivity contribution in [1.29, 1.82) is 0 Å². The highest BCUT2D eigenvalue weighted by Gasteiger charge is 2.46. The lowest BCUT2D eigenvalue weighted by Gasteiger charge is -2.21. The van der Waals surface area contributed by atoms with E-state index in [0.29, 0.717) is 6.42 Å². The summed E-state index contributed by atoms with van der Waals surface area (Å²) in [7, 11) is 0. The first-order valence-electron chi connectivity index (χ1n) is 4.62. The Hall–Kier alpha value is -1.12. The van der Waals surface area contributed by atoms with E-state index in [1.807, 2.05) is 13.0 Å². The molecular formula is C10H12O3. The van der Waals surface area contributed by atoms with E-state index in [2.05, 4.69) is 4.74 Å². The zero-order chi connectivity index (χ0) is 9.42. The third-order valence-electron chi connectivity index (χ3n) is 2.96. The van der Waals surface area contributed by atoms with Crippen LogP contribution in [0.25, 0.3) is 0 Å². The monoisotopic (exact) mass is 180 g/mol. The highest BCUT2D eigenvalue weighted by atomic mass is 16.6. The van der Waals surface area contributed by atoms with Gasteiger partial charge in [-0.3, -0.25) is 9.59 Å². The molecule has 1 aliphatic heterocycles. The van der Waals surface area contributed by atoms with Gasteiger partial charge in [0.25, 0.3) is 0 Å². The maximum Gasteiger partial charge on any atom is 0.317 e. The minimum absolute atomic E-state index is 0.156. The molecule has 2 rings (SSSR count). The predicted octanol–water partition coefficient (Wildman–Crippen LogP) is 1.43. The molecule has 2 aliphatic rings. The molecule has 1 heterocycles. The fourth-order valence-electron chi connectivity index (χ4n) is 2.11. The van der Waals surface area contributed by atoms with Crippen molar-refractivity contribution >= 4 is 11.9 Å². The number of hydrogen-bond donors (Lipinski definition) is 0. The fraction of sp³-hybridized carbons (Fsp3) is 0.600. The molecule has 1 aliphatic carbocycles. The summed E-state index contributed by atoms with van der Waals surface area (Å²) in [6.45, 7) is 1.97. The van der Waals surface area contributed by atoms with Crippen LogP contribution in [-0.4, -0.2) is 11.9 Å². The molecule has 3 heteroatoms. The number of fused-ring (bicyclic) bond motifs is 1. The zero-order valence-corrected chi connectivity index (χ0v) is 7.58. The molecular weight excluding hydrogens is 168 g/mol. The Labute approximate surface area is 76.8 Å². The van der Waals surface area contributed by atoms with E-state index in [4.69, 9.17) is 0 Å². The van der Waals surface area contributed by atoms with Gasteiger partial charge in [0.2, 0.25) is 0 Å². The zero-order valence-electron chi connectivity index (χ0n) is 7.58. The van der Waals surface area contributed by atoms with Crippen molar-refractivity contribution in [3.8, 4) is 0 Å². The lowest BCUT2D eigenvalue weighted by Crippen LogP contribution is -2.22. The number of esters is 2. The van der Waals surface area contributed by atoms with Crippen LogP contribution < -0.4 is 0 Å². The van der Waals surface area contributed by atoms with Crippen LogP contribution >= 0.6 is 0 Å². The second-order valence-corrected chi connectivity index (χ2v) is 3.64. The van der Waals surface area contributed by atoms with Crippen LogP contribution in [0.5, 0.6) is 0 Å². The first kappa shape index (κ1) is 8.48. The van der Waals surface area contributed by atoms with Crippen molar-refractivity contribution in [3.63, 3.8) is 0 Å². The molecule has 1 saturated carbocycles. The lowest BCUT2D eigenvalue weighted by molar-refractivity contribution is -0.153. The van der Waals surface area contributed by atoms with Crippen molar-refractivity contribution in [3.05, 3.63) is 11.6 Å². The Morgan fingerprint density at radius 2 is 2.00 bits per heavy atom. The minimum Gasteiger partial charge on any atom is -0.393 e. The van der Waals surface area contributed by atoms with Crippen LogP contribution in [0.1, 0.15) is 26.2 Å². The second kappa shape index (κ2) is 2.98. The molecule has 3 nitrogen and oxygen atoms in total. The van der Waals surface area contributed by atoms with E-state index >= 15 is 0 Å². The Kier molecular flexibility index (Phi) is 1.94. The van der Waals surface area contributed by atoms with Crippen LogP contribution in [-0.2, 0) is 14.3 Å². The molecule has 1 saturated heterocycles. The lowest BCUT2D eigenvalue weighted by atomic mass is 9.78. The maximum atomic E-state index is 11.2. The molecule has 13 heavy (non-hydrogen) atoms. The van der Waals surface area contributed by atoms with Crippen molar-refractivity contribution < 1.29 is 14.3 Å². The molecule has 0 spiro atoms. The highest BCUT2D eigenvalue weighted by Crippen LogP contribution is 2.38. The second-order valence-electron chi connectivity index (χ2n) is 3.64. The van der Waals surface area contributed by atoms with Gasteiger partial charge in [0, 0.05) is 0 Å². The van der Waals surface area contributed by atoms with E-state index in [1.165, 1.54) is 5.57 Å². The van der Waals surface area contributed by atoms with E-state index in [9.17, 15) is 9.59 Å². The third kappa shape index (κ3) is 1.28. The molecule has 0 aromatic rings. The molecule has 70 valence electrons. The number of ether oxygens (including phenoxy) is 1. The third-order valence-corrected chi connectivity index (χ3v) is 2.96. The molecule has 0 bridgehead atoms. The van der Waals surface area contributed by atoms with E-state index in [1.54, 1.807) is 0 Å². The summed E-state index contributed by atoms with van der Waals surface area (Å²) in [6, 6.07) is 0. The Morgan fingerprint density at radius 3 is 2.69 bits per heavy atom. The molecule has 0 amide bonds. The standard InChI is InChI=1S/C10H12O3/c1-2-6-3-4-7-8(5-6)10(12)13-9(7)11/h2,7-8H,3-5H2,1H3. The summed E-state index contributed by atoms with van der Waals surface area (Å²) < 4.78 is 4.60. The molecule has 0 N–H and O–H groups in total. The molecule has 0 aromatic carbocycles. The maximum absolute atomic E-state index is 11.2. The number of cyclic esters (lactones) is 2. The summed E-state index contributed by atoms with van der Waals surface area (Å²) in [5, 5.41) is 0. The van der Waals surface area contributed by atoms with Gasteiger partial charge < -0.3 is 4.74 Å². The number of hydrogen-bond acceptors (Lipinski definition) is 3. The van der Waals surface area contributed by atoms with Crippen LogP contribution in [0.3, 0.4) is 0 Å². The van der Waals surface area contributed by atoms with Gasteiger partial charge in [0.05, 0.1) is 11.8 Å². The normalized spacial score (nSPS) is 36.2. The van der Waals surface area contributed by atoms with Gasteiger partial charge in [-0.1, -0.05) is 11.6 Å². The van der Waals surface area contributed by atoms with Gasteiger partial charge >= 0.3 is 11.9 Å². The van der Waals surface area contributed by atoms with E-state index < -0.39 is 0 Å². The summed E-state index contributed by atoms with van der Waals surface area (Å²) in [4.78, 5) is 22.4. The molecule has 0 radical (unpaired) electrons. The predicted molar refractivity (Wildman–Crippen MR) is 45.7 cm³/mol. The van der Waals surface area contributed by atoms with E-state index in [0.717, 1.165) is 12.8 Å². The largest absolute Gasteiger partial charge is 0.393 e. The number of carbonyl (C=O) groups is 2. The van der Waals surface area contributed by atoms with E-state index in [-0.39, 0.29) is 23.8 Å².